The zero-order valence-electron chi connectivity index (χ0n) is 10.7. The summed E-state index contributed by atoms with van der Waals surface area (Å²) in [7, 11) is 0. The van der Waals surface area contributed by atoms with E-state index in [1.54, 1.807) is 6.92 Å². The average Bonchev–Trinajstić information content (AvgIpc) is 2.11. The van der Waals surface area contributed by atoms with Gasteiger partial charge in [0.2, 0.25) is 5.91 Å². The third kappa shape index (κ3) is 6.76. The van der Waals surface area contributed by atoms with E-state index < -0.39 is 11.4 Å². The second-order valence-electron chi connectivity index (χ2n) is 4.59. The van der Waals surface area contributed by atoms with Crippen LogP contribution < -0.4 is 11.5 Å². The van der Waals surface area contributed by atoms with Gasteiger partial charge >= 0.3 is 0 Å². The fraction of sp³-hybridized carbons (Fsp3) is 0.909. The normalized spacial score (nSPS) is 17.1. The van der Waals surface area contributed by atoms with Gasteiger partial charge in [-0.3, -0.25) is 4.79 Å². The van der Waals surface area contributed by atoms with Crippen LogP contribution in [0.2, 0.25) is 0 Å². The summed E-state index contributed by atoms with van der Waals surface area (Å²) >= 11 is 0. The lowest BCUT2D eigenvalue weighted by atomic mass is 9.95. The average molecular weight is 232 g/mol. The molecule has 0 saturated carbocycles. The largest absolute Gasteiger partial charge is 0.376 e. The highest BCUT2D eigenvalue weighted by molar-refractivity contribution is 5.83. The van der Waals surface area contributed by atoms with Crippen LogP contribution in [0.25, 0.3) is 0 Å². The molecule has 5 heteroatoms. The predicted molar refractivity (Wildman–Crippen MR) is 62.9 cm³/mol. The third-order valence-corrected chi connectivity index (χ3v) is 2.21. The second-order valence-corrected chi connectivity index (χ2v) is 4.59. The Morgan fingerprint density at radius 3 is 2.19 bits per heavy atom. The summed E-state index contributed by atoms with van der Waals surface area (Å²) in [6.45, 7) is 8.44. The number of hydrogen-bond acceptors (Lipinski definition) is 4. The summed E-state index contributed by atoms with van der Waals surface area (Å²) in [6.07, 6.45) is 0.492. The van der Waals surface area contributed by atoms with Crippen molar-refractivity contribution >= 4 is 5.91 Å². The summed E-state index contributed by atoms with van der Waals surface area (Å²) in [5.74, 6) is -0.513. The smallest absolute Gasteiger partial charge is 0.237 e. The zero-order chi connectivity index (χ0) is 12.8. The van der Waals surface area contributed by atoms with Crippen LogP contribution in [0.4, 0.5) is 0 Å². The van der Waals surface area contributed by atoms with Crippen LogP contribution in [0.15, 0.2) is 0 Å². The molecule has 0 bridgehead atoms. The molecule has 1 amide bonds. The second kappa shape index (κ2) is 6.83. The van der Waals surface area contributed by atoms with Gasteiger partial charge in [0.15, 0.2) is 0 Å². The number of carbonyl (C=O) groups excluding carboxylic acids is 1. The molecule has 0 aromatic heterocycles. The Morgan fingerprint density at radius 2 is 1.75 bits per heavy atom. The van der Waals surface area contributed by atoms with E-state index >= 15 is 0 Å². The van der Waals surface area contributed by atoms with Gasteiger partial charge in [-0.15, -0.1) is 0 Å². The van der Waals surface area contributed by atoms with E-state index in [1.807, 2.05) is 20.8 Å². The lowest BCUT2D eigenvalue weighted by molar-refractivity contribution is -0.124. The lowest BCUT2D eigenvalue weighted by Gasteiger charge is -2.24. The number of rotatable bonds is 8. The van der Waals surface area contributed by atoms with E-state index in [1.165, 1.54) is 0 Å². The molecule has 2 atom stereocenters. The molecule has 4 N–H and O–H groups in total. The summed E-state index contributed by atoms with van der Waals surface area (Å²) in [5, 5.41) is 0. The molecule has 0 aliphatic heterocycles. The maximum atomic E-state index is 11.0. The predicted octanol–water partition coefficient (Wildman–Crippen LogP) is 0.409. The van der Waals surface area contributed by atoms with Crippen LogP contribution in [-0.2, 0) is 14.3 Å². The van der Waals surface area contributed by atoms with Gasteiger partial charge in [-0.2, -0.15) is 0 Å². The zero-order valence-corrected chi connectivity index (χ0v) is 10.7. The van der Waals surface area contributed by atoms with Crippen LogP contribution in [0, 0.1) is 0 Å². The topological polar surface area (TPSA) is 87.6 Å². The number of primary amides is 1. The highest BCUT2D eigenvalue weighted by Gasteiger charge is 2.28. The first kappa shape index (κ1) is 15.3. The van der Waals surface area contributed by atoms with Crippen LogP contribution in [0.3, 0.4) is 0 Å². The van der Waals surface area contributed by atoms with Crippen molar-refractivity contribution < 1.29 is 14.3 Å². The molecular weight excluding hydrogens is 208 g/mol. The Bertz CT molecular complexity index is 217. The Kier molecular flexibility index (Phi) is 6.55. The molecule has 0 aliphatic carbocycles. The highest BCUT2D eigenvalue weighted by Crippen LogP contribution is 2.10. The van der Waals surface area contributed by atoms with E-state index in [0.717, 1.165) is 0 Å². The molecule has 0 fully saturated rings. The van der Waals surface area contributed by atoms with Crippen LogP contribution >= 0.6 is 0 Å². The molecular formula is C11H24N2O3. The van der Waals surface area contributed by atoms with E-state index in [9.17, 15) is 4.79 Å². The summed E-state index contributed by atoms with van der Waals surface area (Å²) in [4.78, 5) is 11.0. The first-order valence-corrected chi connectivity index (χ1v) is 5.57. The molecule has 0 rings (SSSR count). The fourth-order valence-corrected chi connectivity index (χ4v) is 1.29. The van der Waals surface area contributed by atoms with Crippen molar-refractivity contribution in [2.24, 2.45) is 11.5 Å². The van der Waals surface area contributed by atoms with Gasteiger partial charge in [0.25, 0.3) is 0 Å². The van der Waals surface area contributed by atoms with Crippen LogP contribution in [0.5, 0.6) is 0 Å². The van der Waals surface area contributed by atoms with E-state index in [2.05, 4.69) is 0 Å². The minimum Gasteiger partial charge on any atom is -0.376 e. The number of carbonyl (C=O) groups is 1. The maximum Gasteiger partial charge on any atom is 0.237 e. The Balaban J connectivity index is 3.74. The fourth-order valence-electron chi connectivity index (χ4n) is 1.29. The molecule has 0 aliphatic rings. The van der Waals surface area contributed by atoms with Gasteiger partial charge in [0.1, 0.15) is 0 Å². The van der Waals surface area contributed by atoms with E-state index in [4.69, 9.17) is 20.9 Å². The Labute approximate surface area is 97.5 Å². The van der Waals surface area contributed by atoms with Gasteiger partial charge < -0.3 is 20.9 Å². The molecule has 2 unspecified atom stereocenters. The molecule has 5 nitrogen and oxygen atoms in total. The van der Waals surface area contributed by atoms with Gasteiger partial charge in [0.05, 0.1) is 31.0 Å². The molecule has 0 aromatic rings. The molecule has 0 heterocycles. The standard InChI is InChI=1S/C11H24N2O3/c1-8(2)15-5-6-16-9(3)7-11(4,13)10(12)14/h8-9H,5-7,13H2,1-4H3,(H2,12,14). The maximum absolute atomic E-state index is 11.0. The monoisotopic (exact) mass is 232 g/mol. The Morgan fingerprint density at radius 1 is 1.25 bits per heavy atom. The van der Waals surface area contributed by atoms with Crippen molar-refractivity contribution in [1.29, 1.82) is 0 Å². The molecule has 0 spiro atoms. The van der Waals surface area contributed by atoms with Gasteiger partial charge in [-0.05, 0) is 34.1 Å². The summed E-state index contributed by atoms with van der Waals surface area (Å²) in [6, 6.07) is 0. The van der Waals surface area contributed by atoms with Gasteiger partial charge in [0, 0.05) is 0 Å². The van der Waals surface area contributed by atoms with Crippen molar-refractivity contribution in [2.75, 3.05) is 13.2 Å². The first-order chi connectivity index (χ1) is 7.25. The van der Waals surface area contributed by atoms with Crippen LogP contribution in [-0.4, -0.2) is 36.9 Å². The van der Waals surface area contributed by atoms with Crippen molar-refractivity contribution in [3.63, 3.8) is 0 Å². The third-order valence-electron chi connectivity index (χ3n) is 2.21. The van der Waals surface area contributed by atoms with Crippen molar-refractivity contribution in [1.82, 2.24) is 0 Å². The van der Waals surface area contributed by atoms with E-state index in [-0.39, 0.29) is 12.2 Å². The molecule has 0 radical (unpaired) electrons. The molecule has 16 heavy (non-hydrogen) atoms. The van der Waals surface area contributed by atoms with Crippen LogP contribution in [0.1, 0.15) is 34.1 Å². The van der Waals surface area contributed by atoms with Crippen molar-refractivity contribution in [3.05, 3.63) is 0 Å². The van der Waals surface area contributed by atoms with Crippen molar-refractivity contribution in [2.45, 2.75) is 51.9 Å². The number of nitrogens with two attached hydrogens (primary N) is 2. The number of amides is 1. The SMILES string of the molecule is CC(C)OCCOC(C)CC(C)(N)C(N)=O. The minimum absolute atomic E-state index is 0.113. The quantitative estimate of drug-likeness (QED) is 0.593. The molecule has 96 valence electrons. The van der Waals surface area contributed by atoms with Gasteiger partial charge in [-0.1, -0.05) is 0 Å². The highest BCUT2D eigenvalue weighted by atomic mass is 16.5. The van der Waals surface area contributed by atoms with E-state index in [0.29, 0.717) is 19.6 Å². The van der Waals surface area contributed by atoms with Gasteiger partial charge in [-0.25, -0.2) is 0 Å². The van der Waals surface area contributed by atoms with Crippen molar-refractivity contribution in [3.8, 4) is 0 Å². The summed E-state index contributed by atoms with van der Waals surface area (Å²) < 4.78 is 10.8. The number of ether oxygens (including phenoxy) is 2. The first-order valence-electron chi connectivity index (χ1n) is 5.57. The molecule has 0 aromatic carbocycles. The Hall–Kier alpha value is -0.650. The molecule has 0 saturated heterocycles. The lowest BCUT2D eigenvalue weighted by Crippen LogP contribution is -2.51. The minimum atomic E-state index is -1.02. The number of hydrogen-bond donors (Lipinski definition) is 2. The summed E-state index contributed by atoms with van der Waals surface area (Å²) in [5.41, 5.74) is 9.88.